The van der Waals surface area contributed by atoms with Crippen LogP contribution in [0.3, 0.4) is 0 Å². The standard InChI is InChI=1S/C15H26BrNO2Si/c1-11(18-5)14(12-9-8-10-13(16)17-12)19-20(6,7)15(2,3)4/h8-11,14H,1-7H3/t11-,14-/m0/s1. The number of hydrogen-bond acceptors (Lipinski definition) is 3. The summed E-state index contributed by atoms with van der Waals surface area (Å²) in [5.41, 5.74) is 0.915. The van der Waals surface area contributed by atoms with E-state index in [2.05, 4.69) is 54.8 Å². The molecule has 0 N–H and O–H groups in total. The fourth-order valence-corrected chi connectivity index (χ4v) is 3.26. The van der Waals surface area contributed by atoms with Gasteiger partial charge in [-0.2, -0.15) is 0 Å². The first kappa shape index (κ1) is 17.8. The van der Waals surface area contributed by atoms with Gasteiger partial charge in [0.2, 0.25) is 0 Å². The normalized spacial score (nSPS) is 16.0. The van der Waals surface area contributed by atoms with Crippen molar-refractivity contribution in [2.75, 3.05) is 7.11 Å². The van der Waals surface area contributed by atoms with Crippen molar-refractivity contribution in [3.8, 4) is 0 Å². The maximum Gasteiger partial charge on any atom is 0.193 e. The summed E-state index contributed by atoms with van der Waals surface area (Å²) < 4.78 is 12.9. The molecule has 2 atom stereocenters. The van der Waals surface area contributed by atoms with E-state index in [1.165, 1.54) is 0 Å². The van der Waals surface area contributed by atoms with E-state index in [1.807, 2.05) is 25.1 Å². The molecule has 0 aliphatic rings. The van der Waals surface area contributed by atoms with Gasteiger partial charge in [0.05, 0.1) is 11.8 Å². The van der Waals surface area contributed by atoms with Crippen LogP contribution in [0.2, 0.25) is 18.1 Å². The zero-order valence-electron chi connectivity index (χ0n) is 13.5. The van der Waals surface area contributed by atoms with E-state index in [9.17, 15) is 0 Å². The molecular weight excluding hydrogens is 334 g/mol. The second-order valence-electron chi connectivity index (χ2n) is 6.62. The maximum atomic E-state index is 6.53. The summed E-state index contributed by atoms with van der Waals surface area (Å²) in [4.78, 5) is 4.54. The Morgan fingerprint density at radius 2 is 1.85 bits per heavy atom. The second kappa shape index (κ2) is 6.69. The molecule has 1 aromatic heterocycles. The third kappa shape index (κ3) is 4.38. The van der Waals surface area contributed by atoms with Crippen LogP contribution in [0.1, 0.15) is 39.5 Å². The lowest BCUT2D eigenvalue weighted by atomic mass is 10.1. The number of nitrogens with zero attached hydrogens (tertiary/aromatic N) is 1. The average molecular weight is 360 g/mol. The number of aromatic nitrogens is 1. The van der Waals surface area contributed by atoms with Gasteiger partial charge in [0.25, 0.3) is 0 Å². The van der Waals surface area contributed by atoms with Crippen LogP contribution in [-0.4, -0.2) is 26.5 Å². The molecule has 1 aromatic rings. The van der Waals surface area contributed by atoms with Crippen molar-refractivity contribution in [2.24, 2.45) is 0 Å². The van der Waals surface area contributed by atoms with Crippen LogP contribution in [0.4, 0.5) is 0 Å². The van der Waals surface area contributed by atoms with Gasteiger partial charge in [-0.3, -0.25) is 0 Å². The maximum absolute atomic E-state index is 6.53. The Morgan fingerprint density at radius 1 is 1.25 bits per heavy atom. The first-order valence-electron chi connectivity index (χ1n) is 6.91. The van der Waals surface area contributed by atoms with Crippen LogP contribution in [-0.2, 0) is 9.16 Å². The predicted octanol–water partition coefficient (Wildman–Crippen LogP) is 4.94. The van der Waals surface area contributed by atoms with Crippen molar-refractivity contribution >= 4 is 24.2 Å². The monoisotopic (exact) mass is 359 g/mol. The van der Waals surface area contributed by atoms with Crippen molar-refractivity contribution in [3.63, 3.8) is 0 Å². The quantitative estimate of drug-likeness (QED) is 0.550. The molecule has 0 spiro atoms. The summed E-state index contributed by atoms with van der Waals surface area (Å²) in [5, 5.41) is 0.157. The summed E-state index contributed by atoms with van der Waals surface area (Å²) in [7, 11) is -0.170. The van der Waals surface area contributed by atoms with E-state index in [-0.39, 0.29) is 17.2 Å². The van der Waals surface area contributed by atoms with Gasteiger partial charge in [-0.05, 0) is 53.1 Å². The molecule has 0 fully saturated rings. The van der Waals surface area contributed by atoms with Crippen molar-refractivity contribution in [1.82, 2.24) is 4.98 Å². The first-order chi connectivity index (χ1) is 9.08. The molecule has 1 rings (SSSR count). The van der Waals surface area contributed by atoms with Gasteiger partial charge in [-0.1, -0.05) is 26.8 Å². The SMILES string of the molecule is CO[C@@H](C)[C@H](O[Si](C)(C)C(C)(C)C)c1cccc(Br)n1. The number of methoxy groups -OCH3 is 1. The lowest BCUT2D eigenvalue weighted by Gasteiger charge is -2.40. The van der Waals surface area contributed by atoms with Crippen LogP contribution in [0.25, 0.3) is 0 Å². The predicted molar refractivity (Wildman–Crippen MR) is 89.4 cm³/mol. The third-order valence-electron chi connectivity index (χ3n) is 4.05. The van der Waals surface area contributed by atoms with E-state index in [0.717, 1.165) is 10.3 Å². The third-order valence-corrected chi connectivity index (χ3v) is 8.95. The molecule has 0 amide bonds. The van der Waals surface area contributed by atoms with E-state index in [1.54, 1.807) is 7.11 Å². The smallest absolute Gasteiger partial charge is 0.193 e. The van der Waals surface area contributed by atoms with Crippen molar-refractivity contribution in [2.45, 2.75) is 58.0 Å². The number of rotatable bonds is 5. The second-order valence-corrected chi connectivity index (χ2v) is 12.2. The molecule has 0 aromatic carbocycles. The zero-order chi connectivity index (χ0) is 15.6. The fourth-order valence-electron chi connectivity index (χ4n) is 1.60. The van der Waals surface area contributed by atoms with Crippen molar-refractivity contribution in [1.29, 1.82) is 0 Å². The summed E-state index contributed by atoms with van der Waals surface area (Å²) in [6.07, 6.45) is -0.177. The molecule has 20 heavy (non-hydrogen) atoms. The van der Waals surface area contributed by atoms with Crippen molar-refractivity contribution in [3.05, 3.63) is 28.5 Å². The molecule has 0 radical (unpaired) electrons. The number of pyridine rings is 1. The average Bonchev–Trinajstić information content (AvgIpc) is 2.33. The molecule has 114 valence electrons. The topological polar surface area (TPSA) is 31.4 Å². The summed E-state index contributed by atoms with van der Waals surface area (Å²) in [6.45, 7) is 13.2. The number of halogens is 1. The van der Waals surface area contributed by atoms with Crippen LogP contribution >= 0.6 is 15.9 Å². The Labute approximate surface area is 132 Å². The summed E-state index contributed by atoms with van der Waals surface area (Å²) in [6, 6.07) is 5.90. The molecule has 0 saturated carbocycles. The Kier molecular flexibility index (Phi) is 5.96. The Hall–Kier alpha value is -0.233. The molecule has 0 bridgehead atoms. The lowest BCUT2D eigenvalue weighted by Crippen LogP contribution is -2.44. The minimum Gasteiger partial charge on any atom is -0.406 e. The highest BCUT2D eigenvalue weighted by molar-refractivity contribution is 9.10. The minimum atomic E-state index is -1.88. The van der Waals surface area contributed by atoms with E-state index in [4.69, 9.17) is 9.16 Å². The van der Waals surface area contributed by atoms with E-state index in [0.29, 0.717) is 0 Å². The zero-order valence-corrected chi connectivity index (χ0v) is 16.1. The Balaban J connectivity index is 3.09. The fraction of sp³-hybridized carbons (Fsp3) is 0.667. The highest BCUT2D eigenvalue weighted by Crippen LogP contribution is 2.40. The molecule has 5 heteroatoms. The summed E-state index contributed by atoms with van der Waals surface area (Å²) >= 11 is 3.42. The highest BCUT2D eigenvalue weighted by Gasteiger charge is 2.41. The van der Waals surface area contributed by atoms with Gasteiger partial charge in [0, 0.05) is 7.11 Å². The highest BCUT2D eigenvalue weighted by atomic mass is 79.9. The van der Waals surface area contributed by atoms with E-state index < -0.39 is 8.32 Å². The Bertz CT molecular complexity index is 446. The van der Waals surface area contributed by atoms with Gasteiger partial charge in [-0.25, -0.2) is 4.98 Å². The van der Waals surface area contributed by atoms with Crippen molar-refractivity contribution < 1.29 is 9.16 Å². The largest absolute Gasteiger partial charge is 0.406 e. The van der Waals surface area contributed by atoms with Crippen LogP contribution < -0.4 is 0 Å². The molecule has 0 aliphatic carbocycles. The molecule has 3 nitrogen and oxygen atoms in total. The van der Waals surface area contributed by atoms with Crippen LogP contribution in [0.5, 0.6) is 0 Å². The van der Waals surface area contributed by atoms with Crippen LogP contribution in [0.15, 0.2) is 22.8 Å². The number of hydrogen-bond donors (Lipinski definition) is 0. The van der Waals surface area contributed by atoms with Gasteiger partial charge < -0.3 is 9.16 Å². The molecule has 0 unspecified atom stereocenters. The lowest BCUT2D eigenvalue weighted by molar-refractivity contribution is 0.00340. The first-order valence-corrected chi connectivity index (χ1v) is 10.6. The number of ether oxygens (including phenoxy) is 1. The molecule has 1 heterocycles. The van der Waals surface area contributed by atoms with Gasteiger partial charge in [0.1, 0.15) is 10.7 Å². The molecule has 0 saturated heterocycles. The van der Waals surface area contributed by atoms with Crippen LogP contribution in [0, 0.1) is 0 Å². The molecule has 0 aliphatic heterocycles. The van der Waals surface area contributed by atoms with Gasteiger partial charge in [-0.15, -0.1) is 0 Å². The molecular formula is C15H26BrNO2Si. The minimum absolute atomic E-state index is 0.0362. The van der Waals surface area contributed by atoms with E-state index >= 15 is 0 Å². The Morgan fingerprint density at radius 3 is 2.30 bits per heavy atom. The van der Waals surface area contributed by atoms with Gasteiger partial charge >= 0.3 is 0 Å². The van der Waals surface area contributed by atoms with Gasteiger partial charge in [0.15, 0.2) is 8.32 Å². The summed E-state index contributed by atoms with van der Waals surface area (Å²) in [5.74, 6) is 0.